The molecule has 2 aromatic heterocycles. The standard InChI is InChI=1S/C24H27FN4OS/c1-24(2,3)22(30)29-11-10-17(15-29)12-16-4-9-21(26-13-16)28-23-27-14-20(31-23)18-5-7-19(25)8-6-18/h4-9,13-14,17H,10-12,15H2,1-3H3,(H,26,27,28). The average molecular weight is 439 g/mol. The van der Waals surface area contributed by atoms with E-state index >= 15 is 0 Å². The van der Waals surface area contributed by atoms with Crippen molar-refractivity contribution in [1.29, 1.82) is 0 Å². The Bertz CT molecular complexity index is 1040. The van der Waals surface area contributed by atoms with Crippen LogP contribution in [0.25, 0.3) is 10.4 Å². The Morgan fingerprint density at radius 2 is 1.94 bits per heavy atom. The molecule has 1 aliphatic heterocycles. The van der Waals surface area contributed by atoms with Crippen molar-refractivity contribution in [2.45, 2.75) is 33.6 Å². The maximum Gasteiger partial charge on any atom is 0.227 e. The van der Waals surface area contributed by atoms with Crippen molar-refractivity contribution >= 4 is 28.2 Å². The molecule has 5 nitrogen and oxygen atoms in total. The van der Waals surface area contributed by atoms with Gasteiger partial charge in [-0.3, -0.25) is 4.79 Å². The lowest BCUT2D eigenvalue weighted by molar-refractivity contribution is -0.138. The highest BCUT2D eigenvalue weighted by atomic mass is 32.1. The van der Waals surface area contributed by atoms with Crippen molar-refractivity contribution in [1.82, 2.24) is 14.9 Å². The second kappa shape index (κ2) is 8.75. The van der Waals surface area contributed by atoms with Crippen LogP contribution < -0.4 is 5.32 Å². The summed E-state index contributed by atoms with van der Waals surface area (Å²) in [5.74, 6) is 1.20. The van der Waals surface area contributed by atoms with Crippen LogP contribution in [0.15, 0.2) is 48.8 Å². The summed E-state index contributed by atoms with van der Waals surface area (Å²) in [7, 11) is 0. The summed E-state index contributed by atoms with van der Waals surface area (Å²) >= 11 is 1.50. The first-order valence-electron chi connectivity index (χ1n) is 10.5. The fourth-order valence-electron chi connectivity index (χ4n) is 3.80. The molecule has 3 aromatic rings. The molecule has 1 aromatic carbocycles. The van der Waals surface area contributed by atoms with Gasteiger partial charge in [0, 0.05) is 30.9 Å². The maximum absolute atomic E-state index is 13.1. The number of anilines is 2. The molecule has 7 heteroatoms. The van der Waals surface area contributed by atoms with Gasteiger partial charge >= 0.3 is 0 Å². The molecule has 0 spiro atoms. The quantitative estimate of drug-likeness (QED) is 0.569. The number of thiazole rings is 1. The van der Waals surface area contributed by atoms with E-state index in [0.717, 1.165) is 47.3 Å². The van der Waals surface area contributed by atoms with E-state index in [1.54, 1.807) is 18.3 Å². The minimum atomic E-state index is -0.323. The van der Waals surface area contributed by atoms with E-state index in [-0.39, 0.29) is 17.1 Å². The molecular weight excluding hydrogens is 411 g/mol. The van der Waals surface area contributed by atoms with Crippen molar-refractivity contribution in [3.05, 3.63) is 60.2 Å². The van der Waals surface area contributed by atoms with E-state index in [4.69, 9.17) is 0 Å². The van der Waals surface area contributed by atoms with Gasteiger partial charge in [0.2, 0.25) is 5.91 Å². The number of benzene rings is 1. The zero-order valence-corrected chi connectivity index (χ0v) is 18.9. The number of pyridine rings is 1. The predicted octanol–water partition coefficient (Wildman–Crippen LogP) is 5.52. The summed E-state index contributed by atoms with van der Waals surface area (Å²) in [4.78, 5) is 24.4. The third kappa shape index (κ3) is 5.28. The number of likely N-dealkylation sites (tertiary alicyclic amines) is 1. The van der Waals surface area contributed by atoms with E-state index in [2.05, 4.69) is 21.4 Å². The molecule has 1 N–H and O–H groups in total. The normalized spacial score (nSPS) is 16.5. The van der Waals surface area contributed by atoms with Gasteiger partial charge < -0.3 is 10.2 Å². The molecule has 1 aliphatic rings. The van der Waals surface area contributed by atoms with Gasteiger partial charge in [0.15, 0.2) is 5.13 Å². The van der Waals surface area contributed by atoms with Crippen LogP contribution in [0, 0.1) is 17.2 Å². The number of aromatic nitrogens is 2. The summed E-state index contributed by atoms with van der Waals surface area (Å²) in [6, 6.07) is 10.4. The molecule has 1 fully saturated rings. The zero-order chi connectivity index (χ0) is 22.0. The number of carbonyl (C=O) groups is 1. The fraction of sp³-hybridized carbons (Fsp3) is 0.375. The summed E-state index contributed by atoms with van der Waals surface area (Å²) in [5, 5.41) is 3.98. The van der Waals surface area contributed by atoms with Gasteiger partial charge in [0.05, 0.1) is 4.88 Å². The van der Waals surface area contributed by atoms with Gasteiger partial charge in [-0.05, 0) is 48.1 Å². The Morgan fingerprint density at radius 1 is 1.16 bits per heavy atom. The predicted molar refractivity (Wildman–Crippen MR) is 123 cm³/mol. The van der Waals surface area contributed by atoms with Crippen molar-refractivity contribution in [2.75, 3.05) is 18.4 Å². The number of amides is 1. The summed E-state index contributed by atoms with van der Waals surface area (Å²) < 4.78 is 13.1. The zero-order valence-electron chi connectivity index (χ0n) is 18.1. The maximum atomic E-state index is 13.1. The molecule has 0 radical (unpaired) electrons. The van der Waals surface area contributed by atoms with Crippen LogP contribution in [0.5, 0.6) is 0 Å². The van der Waals surface area contributed by atoms with Crippen molar-refractivity contribution < 1.29 is 9.18 Å². The highest BCUT2D eigenvalue weighted by Gasteiger charge is 2.32. The van der Waals surface area contributed by atoms with Gasteiger partial charge in [0.1, 0.15) is 11.6 Å². The van der Waals surface area contributed by atoms with E-state index in [1.807, 2.05) is 37.9 Å². The SMILES string of the molecule is CC(C)(C)C(=O)N1CCC(Cc2ccc(Nc3ncc(-c4ccc(F)cc4)s3)nc2)C1. The molecule has 0 saturated carbocycles. The Kier molecular flexibility index (Phi) is 6.05. The molecule has 0 bridgehead atoms. The van der Waals surface area contributed by atoms with Crippen molar-refractivity contribution in [2.24, 2.45) is 11.3 Å². The fourth-order valence-corrected chi connectivity index (χ4v) is 4.63. The average Bonchev–Trinajstić information content (AvgIpc) is 3.38. The van der Waals surface area contributed by atoms with Crippen LogP contribution in [0.4, 0.5) is 15.3 Å². The smallest absolute Gasteiger partial charge is 0.227 e. The number of hydrogen-bond donors (Lipinski definition) is 1. The molecule has 31 heavy (non-hydrogen) atoms. The van der Waals surface area contributed by atoms with E-state index in [9.17, 15) is 9.18 Å². The Balaban J connectivity index is 1.33. The first kappa shape index (κ1) is 21.4. The van der Waals surface area contributed by atoms with Crippen LogP contribution in [0.2, 0.25) is 0 Å². The molecule has 162 valence electrons. The van der Waals surface area contributed by atoms with Crippen LogP contribution in [0.3, 0.4) is 0 Å². The van der Waals surface area contributed by atoms with E-state index < -0.39 is 0 Å². The number of halogens is 1. The van der Waals surface area contributed by atoms with Gasteiger partial charge in [-0.2, -0.15) is 0 Å². The molecular formula is C24H27FN4OS. The largest absolute Gasteiger partial charge is 0.342 e. The number of nitrogens with zero attached hydrogens (tertiary/aromatic N) is 3. The molecule has 0 aliphatic carbocycles. The van der Waals surface area contributed by atoms with Crippen molar-refractivity contribution in [3.63, 3.8) is 0 Å². The summed E-state index contributed by atoms with van der Waals surface area (Å²) in [5.41, 5.74) is 1.79. The number of nitrogens with one attached hydrogen (secondary N) is 1. The first-order chi connectivity index (χ1) is 14.8. The van der Waals surface area contributed by atoms with Crippen LogP contribution in [-0.4, -0.2) is 33.9 Å². The highest BCUT2D eigenvalue weighted by molar-refractivity contribution is 7.18. The number of rotatable bonds is 5. The van der Waals surface area contributed by atoms with E-state index in [1.165, 1.54) is 29.0 Å². The second-order valence-corrected chi connectivity index (χ2v) is 10.1. The third-order valence-corrected chi connectivity index (χ3v) is 6.40. The number of hydrogen-bond acceptors (Lipinski definition) is 5. The second-order valence-electron chi connectivity index (χ2n) is 9.07. The van der Waals surface area contributed by atoms with Gasteiger partial charge in [-0.1, -0.05) is 50.3 Å². The lowest BCUT2D eigenvalue weighted by Gasteiger charge is -2.25. The van der Waals surface area contributed by atoms with Gasteiger partial charge in [-0.15, -0.1) is 0 Å². The number of carbonyl (C=O) groups excluding carboxylic acids is 1. The Hall–Kier alpha value is -2.80. The van der Waals surface area contributed by atoms with Crippen LogP contribution in [0.1, 0.15) is 32.8 Å². The molecule has 3 heterocycles. The third-order valence-electron chi connectivity index (χ3n) is 5.43. The monoisotopic (exact) mass is 438 g/mol. The molecule has 1 unspecified atom stereocenters. The first-order valence-corrected chi connectivity index (χ1v) is 11.3. The lowest BCUT2D eigenvalue weighted by Crippen LogP contribution is -2.38. The molecule has 1 amide bonds. The Labute approximate surface area is 186 Å². The Morgan fingerprint density at radius 3 is 2.61 bits per heavy atom. The highest BCUT2D eigenvalue weighted by Crippen LogP contribution is 2.31. The van der Waals surface area contributed by atoms with E-state index in [0.29, 0.717) is 5.92 Å². The molecule has 1 saturated heterocycles. The van der Waals surface area contributed by atoms with Crippen LogP contribution >= 0.6 is 11.3 Å². The lowest BCUT2D eigenvalue weighted by atomic mass is 9.95. The minimum absolute atomic E-state index is 0.233. The van der Waals surface area contributed by atoms with Gasteiger partial charge in [0.25, 0.3) is 0 Å². The van der Waals surface area contributed by atoms with Crippen LogP contribution in [-0.2, 0) is 11.2 Å². The van der Waals surface area contributed by atoms with Crippen molar-refractivity contribution in [3.8, 4) is 10.4 Å². The summed E-state index contributed by atoms with van der Waals surface area (Å²) in [6.07, 6.45) is 5.63. The van der Waals surface area contributed by atoms with Gasteiger partial charge in [-0.25, -0.2) is 14.4 Å². The topological polar surface area (TPSA) is 58.1 Å². The molecule has 4 rings (SSSR count). The summed E-state index contributed by atoms with van der Waals surface area (Å²) in [6.45, 7) is 7.59. The molecule has 1 atom stereocenters. The minimum Gasteiger partial charge on any atom is -0.342 e.